The van der Waals surface area contributed by atoms with Gasteiger partial charge in [0.1, 0.15) is 0 Å². The molecule has 0 aromatic heterocycles. The monoisotopic (exact) mass is 228 g/mol. The minimum atomic E-state index is -0.778. The molecule has 1 aliphatic rings. The first-order valence-electron chi connectivity index (χ1n) is 5.58. The molecule has 5 heteroatoms. The van der Waals surface area contributed by atoms with Crippen molar-refractivity contribution in [2.45, 2.75) is 33.2 Å². The van der Waals surface area contributed by atoms with Crippen molar-refractivity contribution in [1.29, 1.82) is 0 Å². The van der Waals surface area contributed by atoms with Gasteiger partial charge >= 0.3 is 5.97 Å². The highest BCUT2D eigenvalue weighted by Gasteiger charge is 2.40. The molecular formula is C11H20N2O3. The second kappa shape index (κ2) is 4.82. The van der Waals surface area contributed by atoms with Gasteiger partial charge in [-0.25, -0.2) is 0 Å². The molecule has 0 saturated carbocycles. The Bertz CT molecular complexity index is 291. The van der Waals surface area contributed by atoms with Crippen LogP contribution in [0.4, 0.5) is 0 Å². The van der Waals surface area contributed by atoms with E-state index in [1.165, 1.54) is 0 Å². The minimum Gasteiger partial charge on any atom is -0.481 e. The number of carboxylic acid groups (broad SMARTS) is 1. The Labute approximate surface area is 95.8 Å². The van der Waals surface area contributed by atoms with Crippen LogP contribution >= 0.6 is 0 Å². The van der Waals surface area contributed by atoms with Gasteiger partial charge in [-0.2, -0.15) is 0 Å². The fourth-order valence-corrected chi connectivity index (χ4v) is 1.94. The fraction of sp³-hybridized carbons (Fsp3) is 0.818. The Hall–Kier alpha value is -1.10. The first-order chi connectivity index (χ1) is 7.33. The molecule has 1 heterocycles. The average molecular weight is 228 g/mol. The van der Waals surface area contributed by atoms with E-state index in [1.54, 1.807) is 6.92 Å². The number of aliphatic carboxylic acids is 1. The van der Waals surface area contributed by atoms with Crippen LogP contribution < -0.4 is 5.32 Å². The lowest BCUT2D eigenvalue weighted by Crippen LogP contribution is -2.40. The zero-order valence-electron chi connectivity index (χ0n) is 10.1. The van der Waals surface area contributed by atoms with Crippen molar-refractivity contribution in [3.63, 3.8) is 0 Å². The van der Waals surface area contributed by atoms with E-state index in [1.807, 2.05) is 18.7 Å². The summed E-state index contributed by atoms with van der Waals surface area (Å²) in [6.07, 6.45) is 0.608. The second-order valence-electron chi connectivity index (χ2n) is 5.05. The number of hydrogen-bond acceptors (Lipinski definition) is 3. The van der Waals surface area contributed by atoms with Crippen molar-refractivity contribution >= 4 is 11.9 Å². The Morgan fingerprint density at radius 2 is 2.12 bits per heavy atom. The van der Waals surface area contributed by atoms with E-state index in [4.69, 9.17) is 5.11 Å². The highest BCUT2D eigenvalue weighted by atomic mass is 16.4. The second-order valence-corrected chi connectivity index (χ2v) is 5.05. The maximum absolute atomic E-state index is 11.5. The molecule has 0 spiro atoms. The molecule has 1 saturated heterocycles. The predicted molar refractivity (Wildman–Crippen MR) is 60.1 cm³/mol. The molecule has 16 heavy (non-hydrogen) atoms. The van der Waals surface area contributed by atoms with E-state index < -0.39 is 11.4 Å². The Kier molecular flexibility index (Phi) is 3.91. The number of carbonyl (C=O) groups excluding carboxylic acids is 1. The van der Waals surface area contributed by atoms with Crippen LogP contribution in [0.1, 0.15) is 27.2 Å². The molecule has 0 radical (unpaired) electrons. The first kappa shape index (κ1) is 13.0. The minimum absolute atomic E-state index is 0.0374. The molecule has 1 fully saturated rings. The third-order valence-electron chi connectivity index (χ3n) is 2.89. The molecule has 1 rings (SSSR count). The zero-order valence-corrected chi connectivity index (χ0v) is 10.1. The van der Waals surface area contributed by atoms with E-state index in [2.05, 4.69) is 5.32 Å². The maximum Gasteiger partial charge on any atom is 0.310 e. The van der Waals surface area contributed by atoms with Gasteiger partial charge in [-0.05, 0) is 33.7 Å². The normalized spacial score (nSPS) is 26.0. The quantitative estimate of drug-likeness (QED) is 0.726. The zero-order chi connectivity index (χ0) is 12.3. The molecular weight excluding hydrogens is 208 g/mol. The van der Waals surface area contributed by atoms with Crippen molar-refractivity contribution in [2.75, 3.05) is 19.6 Å². The van der Waals surface area contributed by atoms with Crippen LogP contribution in [-0.4, -0.2) is 47.6 Å². The third kappa shape index (κ3) is 3.20. The van der Waals surface area contributed by atoms with Crippen LogP contribution in [-0.2, 0) is 9.59 Å². The van der Waals surface area contributed by atoms with E-state index in [0.29, 0.717) is 26.1 Å². The van der Waals surface area contributed by atoms with Gasteiger partial charge in [0.2, 0.25) is 5.91 Å². The van der Waals surface area contributed by atoms with Crippen molar-refractivity contribution < 1.29 is 14.7 Å². The summed E-state index contributed by atoms with van der Waals surface area (Å²) in [6.45, 7) is 6.96. The molecule has 0 bridgehead atoms. The number of nitrogens with zero attached hydrogens (tertiary/aromatic N) is 1. The number of likely N-dealkylation sites (tertiary alicyclic amines) is 1. The highest BCUT2D eigenvalue weighted by molar-refractivity contribution is 5.79. The van der Waals surface area contributed by atoms with Gasteiger partial charge in [0.25, 0.3) is 0 Å². The van der Waals surface area contributed by atoms with Crippen molar-refractivity contribution in [3.8, 4) is 0 Å². The largest absolute Gasteiger partial charge is 0.481 e. The summed E-state index contributed by atoms with van der Waals surface area (Å²) in [5.41, 5.74) is -0.696. The van der Waals surface area contributed by atoms with E-state index in [0.717, 1.165) is 0 Å². The number of carbonyl (C=O) groups is 2. The molecule has 0 aromatic carbocycles. The predicted octanol–water partition coefficient (Wildman–Crippen LogP) is 0.308. The molecule has 1 aliphatic heterocycles. The number of nitrogens with one attached hydrogen (secondary N) is 1. The number of rotatable bonds is 4. The number of hydrogen-bond donors (Lipinski definition) is 2. The van der Waals surface area contributed by atoms with Crippen molar-refractivity contribution in [2.24, 2.45) is 5.41 Å². The molecule has 1 atom stereocenters. The van der Waals surface area contributed by atoms with Gasteiger partial charge in [-0.3, -0.25) is 14.5 Å². The summed E-state index contributed by atoms with van der Waals surface area (Å²) in [5, 5.41) is 11.8. The summed E-state index contributed by atoms with van der Waals surface area (Å²) in [6, 6.07) is 0.126. The molecule has 1 unspecified atom stereocenters. The Morgan fingerprint density at radius 3 is 2.56 bits per heavy atom. The van der Waals surface area contributed by atoms with Crippen LogP contribution in [0.2, 0.25) is 0 Å². The van der Waals surface area contributed by atoms with Crippen LogP contribution in [0.25, 0.3) is 0 Å². The van der Waals surface area contributed by atoms with Crippen molar-refractivity contribution in [3.05, 3.63) is 0 Å². The van der Waals surface area contributed by atoms with Crippen LogP contribution in [0.15, 0.2) is 0 Å². The Balaban J connectivity index is 2.43. The molecule has 2 N–H and O–H groups in total. The first-order valence-corrected chi connectivity index (χ1v) is 5.58. The van der Waals surface area contributed by atoms with Crippen LogP contribution in [0.5, 0.6) is 0 Å². The van der Waals surface area contributed by atoms with Gasteiger partial charge in [0, 0.05) is 12.6 Å². The van der Waals surface area contributed by atoms with Gasteiger partial charge < -0.3 is 10.4 Å². The lowest BCUT2D eigenvalue weighted by atomic mass is 9.90. The molecule has 0 aliphatic carbocycles. The highest BCUT2D eigenvalue weighted by Crippen LogP contribution is 2.29. The number of carboxylic acids is 1. The van der Waals surface area contributed by atoms with Gasteiger partial charge in [-0.1, -0.05) is 0 Å². The summed E-state index contributed by atoms with van der Waals surface area (Å²) in [7, 11) is 0. The lowest BCUT2D eigenvalue weighted by molar-refractivity contribution is -0.147. The summed E-state index contributed by atoms with van der Waals surface area (Å²) in [4.78, 5) is 24.4. The summed E-state index contributed by atoms with van der Waals surface area (Å²) in [5.74, 6) is -0.816. The average Bonchev–Trinajstić information content (AvgIpc) is 2.47. The molecule has 1 amide bonds. The molecule has 92 valence electrons. The third-order valence-corrected chi connectivity index (χ3v) is 2.89. The smallest absolute Gasteiger partial charge is 0.310 e. The Morgan fingerprint density at radius 1 is 1.50 bits per heavy atom. The van der Waals surface area contributed by atoms with Crippen LogP contribution in [0.3, 0.4) is 0 Å². The van der Waals surface area contributed by atoms with E-state index >= 15 is 0 Å². The van der Waals surface area contributed by atoms with Gasteiger partial charge in [-0.15, -0.1) is 0 Å². The van der Waals surface area contributed by atoms with E-state index in [9.17, 15) is 9.59 Å². The fourth-order valence-electron chi connectivity index (χ4n) is 1.94. The molecule has 5 nitrogen and oxygen atoms in total. The van der Waals surface area contributed by atoms with Crippen LogP contribution in [0, 0.1) is 5.41 Å². The SMILES string of the molecule is CC(C)NC(=O)CN1CCC(C)(C(=O)O)C1. The molecule has 0 aromatic rings. The lowest BCUT2D eigenvalue weighted by Gasteiger charge is -2.20. The number of amides is 1. The van der Waals surface area contributed by atoms with Gasteiger partial charge in [0.15, 0.2) is 0 Å². The maximum atomic E-state index is 11.5. The summed E-state index contributed by atoms with van der Waals surface area (Å²) >= 11 is 0. The van der Waals surface area contributed by atoms with E-state index in [-0.39, 0.29) is 11.9 Å². The topological polar surface area (TPSA) is 69.6 Å². The summed E-state index contributed by atoms with van der Waals surface area (Å²) < 4.78 is 0. The van der Waals surface area contributed by atoms with Crippen molar-refractivity contribution in [1.82, 2.24) is 10.2 Å². The van der Waals surface area contributed by atoms with Gasteiger partial charge in [0.05, 0.1) is 12.0 Å². The standard InChI is InChI=1S/C11H20N2O3/c1-8(2)12-9(14)6-13-5-4-11(3,7-13)10(15)16/h8H,4-7H2,1-3H3,(H,12,14)(H,15,16).